The van der Waals surface area contributed by atoms with Crippen LogP contribution in [0.1, 0.15) is 29.9 Å². The quantitative estimate of drug-likeness (QED) is 0.762. The van der Waals surface area contributed by atoms with Gasteiger partial charge in [-0.15, -0.1) is 0 Å². The highest BCUT2D eigenvalue weighted by atomic mass is 16.4. The van der Waals surface area contributed by atoms with Crippen LogP contribution in [-0.2, 0) is 6.54 Å². The Morgan fingerprint density at radius 2 is 2.16 bits per heavy atom. The molecule has 0 aliphatic rings. The molecular weight excluding hydrogens is 244 g/mol. The van der Waals surface area contributed by atoms with Crippen molar-refractivity contribution < 1.29 is 9.90 Å². The molecule has 0 amide bonds. The molecule has 2 N–H and O–H groups in total. The maximum atomic E-state index is 11.1. The molecule has 0 saturated heterocycles. The van der Waals surface area contributed by atoms with Crippen LogP contribution in [0, 0.1) is 5.92 Å². The normalized spacial score (nSPS) is 12.9. The number of rotatable bonds is 7. The summed E-state index contributed by atoms with van der Waals surface area (Å²) in [5.74, 6) is -0.538. The van der Waals surface area contributed by atoms with Gasteiger partial charge >= 0.3 is 5.97 Å². The van der Waals surface area contributed by atoms with Crippen LogP contribution in [0.5, 0.6) is 0 Å². The largest absolute Gasteiger partial charge is 0.478 e. The van der Waals surface area contributed by atoms with Crippen molar-refractivity contribution in [2.75, 3.05) is 20.6 Å². The molecule has 0 aromatic carbocycles. The average molecular weight is 266 g/mol. The number of likely N-dealkylation sites (N-methyl/N-ethyl adjacent to an activating group) is 1. The average Bonchev–Trinajstić information content (AvgIpc) is 2.34. The minimum Gasteiger partial charge on any atom is -0.478 e. The summed E-state index contributed by atoms with van der Waals surface area (Å²) in [6.07, 6.45) is 2.71. The Labute approximate surface area is 113 Å². The van der Waals surface area contributed by atoms with E-state index < -0.39 is 5.97 Å². The molecule has 0 aliphatic heterocycles. The number of hydrogen-bond donors (Lipinski definition) is 2. The SMILES string of the molecule is CC(C)C(CN(C)C)NCc1ncncc1C(=O)O. The van der Waals surface area contributed by atoms with E-state index in [9.17, 15) is 4.79 Å². The second-order valence-corrected chi connectivity index (χ2v) is 5.18. The fraction of sp³-hybridized carbons (Fsp3) is 0.615. The van der Waals surface area contributed by atoms with Gasteiger partial charge in [-0.3, -0.25) is 0 Å². The van der Waals surface area contributed by atoms with Crippen LogP contribution >= 0.6 is 0 Å². The third kappa shape index (κ3) is 4.92. The summed E-state index contributed by atoms with van der Waals surface area (Å²) in [5.41, 5.74) is 0.675. The predicted octanol–water partition coefficient (Wildman–Crippen LogP) is 0.851. The Morgan fingerprint density at radius 1 is 1.47 bits per heavy atom. The van der Waals surface area contributed by atoms with E-state index in [4.69, 9.17) is 5.11 Å². The summed E-state index contributed by atoms with van der Waals surface area (Å²) in [6, 6.07) is 0.284. The van der Waals surface area contributed by atoms with Crippen molar-refractivity contribution in [2.24, 2.45) is 5.92 Å². The fourth-order valence-electron chi connectivity index (χ4n) is 1.81. The highest BCUT2D eigenvalue weighted by molar-refractivity contribution is 5.88. The maximum Gasteiger partial charge on any atom is 0.339 e. The monoisotopic (exact) mass is 266 g/mol. The van der Waals surface area contributed by atoms with Crippen LogP contribution in [0.3, 0.4) is 0 Å². The first kappa shape index (κ1) is 15.5. The van der Waals surface area contributed by atoms with Gasteiger partial charge in [0.1, 0.15) is 11.9 Å². The maximum absolute atomic E-state index is 11.1. The van der Waals surface area contributed by atoms with Crippen molar-refractivity contribution in [1.82, 2.24) is 20.2 Å². The van der Waals surface area contributed by atoms with Gasteiger partial charge in [-0.2, -0.15) is 0 Å². The Balaban J connectivity index is 2.71. The molecule has 6 heteroatoms. The third-order valence-electron chi connectivity index (χ3n) is 2.92. The summed E-state index contributed by atoms with van der Waals surface area (Å²) in [7, 11) is 4.04. The van der Waals surface area contributed by atoms with Gasteiger partial charge in [0, 0.05) is 25.3 Å². The van der Waals surface area contributed by atoms with E-state index in [-0.39, 0.29) is 11.6 Å². The lowest BCUT2D eigenvalue weighted by Gasteiger charge is -2.25. The van der Waals surface area contributed by atoms with Crippen molar-refractivity contribution in [2.45, 2.75) is 26.4 Å². The van der Waals surface area contributed by atoms with Gasteiger partial charge in [0.2, 0.25) is 0 Å². The molecular formula is C13H22N4O2. The van der Waals surface area contributed by atoms with Crippen molar-refractivity contribution in [3.05, 3.63) is 23.8 Å². The standard InChI is InChI=1S/C13H22N4O2/c1-9(2)12(7-17(3)4)15-6-11-10(13(18)19)5-14-8-16-11/h5,8-9,12,15H,6-7H2,1-4H3,(H,18,19). The molecule has 1 rings (SSSR count). The summed E-state index contributed by atoms with van der Waals surface area (Å²) < 4.78 is 0. The Morgan fingerprint density at radius 3 is 2.68 bits per heavy atom. The summed E-state index contributed by atoms with van der Waals surface area (Å²) in [4.78, 5) is 21.0. The number of hydrogen-bond acceptors (Lipinski definition) is 5. The molecule has 0 aliphatic carbocycles. The van der Waals surface area contributed by atoms with Crippen LogP contribution in [-0.4, -0.2) is 52.6 Å². The summed E-state index contributed by atoms with van der Waals surface area (Å²) >= 11 is 0. The molecule has 1 atom stereocenters. The zero-order valence-electron chi connectivity index (χ0n) is 11.9. The molecule has 19 heavy (non-hydrogen) atoms. The molecule has 0 radical (unpaired) electrons. The minimum absolute atomic E-state index is 0.155. The van der Waals surface area contributed by atoms with Crippen LogP contribution in [0.25, 0.3) is 0 Å². The van der Waals surface area contributed by atoms with Crippen LogP contribution < -0.4 is 5.32 Å². The molecule has 106 valence electrons. The molecule has 0 spiro atoms. The van der Waals surface area contributed by atoms with Gasteiger partial charge in [0.25, 0.3) is 0 Å². The van der Waals surface area contributed by atoms with E-state index in [1.807, 2.05) is 14.1 Å². The minimum atomic E-state index is -0.994. The smallest absolute Gasteiger partial charge is 0.339 e. The lowest BCUT2D eigenvalue weighted by molar-refractivity contribution is 0.0694. The van der Waals surface area contributed by atoms with Gasteiger partial charge < -0.3 is 15.3 Å². The molecule has 6 nitrogen and oxygen atoms in total. The highest BCUT2D eigenvalue weighted by Gasteiger charge is 2.16. The molecule has 0 bridgehead atoms. The second kappa shape index (κ2) is 7.16. The van der Waals surface area contributed by atoms with E-state index >= 15 is 0 Å². The molecule has 1 heterocycles. The number of carboxylic acid groups (broad SMARTS) is 1. The zero-order valence-corrected chi connectivity index (χ0v) is 11.9. The molecule has 1 aromatic heterocycles. The number of carboxylic acids is 1. The first-order valence-electron chi connectivity index (χ1n) is 6.32. The van der Waals surface area contributed by atoms with Crippen LogP contribution in [0.2, 0.25) is 0 Å². The van der Waals surface area contributed by atoms with Crippen LogP contribution in [0.4, 0.5) is 0 Å². The number of nitrogens with zero attached hydrogens (tertiary/aromatic N) is 3. The number of aromatic carboxylic acids is 1. The lowest BCUT2D eigenvalue weighted by Crippen LogP contribution is -2.41. The number of aromatic nitrogens is 2. The number of carbonyl (C=O) groups is 1. The van der Waals surface area contributed by atoms with Crippen molar-refractivity contribution in [3.8, 4) is 0 Å². The number of nitrogens with one attached hydrogen (secondary N) is 1. The molecule has 1 unspecified atom stereocenters. The van der Waals surface area contributed by atoms with Crippen molar-refractivity contribution in [3.63, 3.8) is 0 Å². The van der Waals surface area contributed by atoms with Gasteiger partial charge in [-0.25, -0.2) is 14.8 Å². The van der Waals surface area contributed by atoms with E-state index in [2.05, 4.69) is 34.0 Å². The van der Waals surface area contributed by atoms with E-state index in [1.54, 1.807) is 0 Å². The predicted molar refractivity (Wildman–Crippen MR) is 73.0 cm³/mol. The first-order valence-corrected chi connectivity index (χ1v) is 6.32. The van der Waals surface area contributed by atoms with Crippen molar-refractivity contribution >= 4 is 5.97 Å². The highest BCUT2D eigenvalue weighted by Crippen LogP contribution is 2.07. The zero-order chi connectivity index (χ0) is 14.4. The summed E-state index contributed by atoms with van der Waals surface area (Å²) in [5, 5.41) is 12.4. The van der Waals surface area contributed by atoms with Gasteiger partial charge in [0.15, 0.2) is 0 Å². The Bertz CT molecular complexity index is 421. The molecule has 1 aromatic rings. The molecule has 0 fully saturated rings. The topological polar surface area (TPSA) is 78.3 Å². The van der Waals surface area contributed by atoms with Crippen molar-refractivity contribution in [1.29, 1.82) is 0 Å². The van der Waals surface area contributed by atoms with Gasteiger partial charge in [-0.05, 0) is 20.0 Å². The van der Waals surface area contributed by atoms with E-state index in [0.717, 1.165) is 6.54 Å². The second-order valence-electron chi connectivity index (χ2n) is 5.18. The Kier molecular flexibility index (Phi) is 5.85. The fourth-order valence-corrected chi connectivity index (χ4v) is 1.81. The third-order valence-corrected chi connectivity index (χ3v) is 2.92. The van der Waals surface area contributed by atoms with Gasteiger partial charge in [0.05, 0.1) is 5.69 Å². The first-order chi connectivity index (χ1) is 8.91. The summed E-state index contributed by atoms with van der Waals surface area (Å²) in [6.45, 7) is 5.60. The van der Waals surface area contributed by atoms with Crippen LogP contribution in [0.15, 0.2) is 12.5 Å². The van der Waals surface area contributed by atoms with E-state index in [1.165, 1.54) is 12.5 Å². The Hall–Kier alpha value is -1.53. The lowest BCUT2D eigenvalue weighted by atomic mass is 10.0. The molecule has 0 saturated carbocycles. The van der Waals surface area contributed by atoms with E-state index in [0.29, 0.717) is 18.2 Å². The van der Waals surface area contributed by atoms with Gasteiger partial charge in [-0.1, -0.05) is 13.8 Å².